The van der Waals surface area contributed by atoms with Gasteiger partial charge in [0.05, 0.1) is 21.3 Å². The summed E-state index contributed by atoms with van der Waals surface area (Å²) in [5, 5.41) is 7.08. The number of anilines is 1. The molecule has 0 aliphatic heterocycles. The van der Waals surface area contributed by atoms with E-state index in [4.69, 9.17) is 18.7 Å². The highest BCUT2D eigenvalue weighted by molar-refractivity contribution is 5.56. The van der Waals surface area contributed by atoms with Crippen LogP contribution >= 0.6 is 0 Å². The fourth-order valence-electron chi connectivity index (χ4n) is 2.32. The SMILES string of the molecule is COc1ccc(-c2noc(NCc3ccc(OC)cc3OC)n2)cc1. The summed E-state index contributed by atoms with van der Waals surface area (Å²) in [6.45, 7) is 0.484. The minimum absolute atomic E-state index is 0.337. The first-order valence-electron chi connectivity index (χ1n) is 7.66. The molecule has 25 heavy (non-hydrogen) atoms. The molecule has 2 aromatic carbocycles. The van der Waals surface area contributed by atoms with Crippen LogP contribution in [0.15, 0.2) is 47.0 Å². The van der Waals surface area contributed by atoms with Gasteiger partial charge in [-0.3, -0.25) is 0 Å². The monoisotopic (exact) mass is 341 g/mol. The summed E-state index contributed by atoms with van der Waals surface area (Å²) in [4.78, 5) is 4.35. The van der Waals surface area contributed by atoms with Gasteiger partial charge in [0.2, 0.25) is 5.82 Å². The minimum atomic E-state index is 0.337. The molecular formula is C18H19N3O4. The van der Waals surface area contributed by atoms with Crippen LogP contribution in [0.5, 0.6) is 17.2 Å². The molecule has 0 atom stereocenters. The van der Waals surface area contributed by atoms with Crippen molar-refractivity contribution in [2.75, 3.05) is 26.6 Å². The molecule has 0 aliphatic rings. The van der Waals surface area contributed by atoms with E-state index in [2.05, 4.69) is 15.5 Å². The lowest BCUT2D eigenvalue weighted by atomic mass is 10.2. The average Bonchev–Trinajstić information content (AvgIpc) is 3.15. The summed E-state index contributed by atoms with van der Waals surface area (Å²) in [5.74, 6) is 2.74. The summed E-state index contributed by atoms with van der Waals surface area (Å²) in [6.07, 6.45) is 0. The van der Waals surface area contributed by atoms with Crippen LogP contribution in [0.3, 0.4) is 0 Å². The molecule has 0 saturated carbocycles. The molecule has 3 aromatic rings. The Morgan fingerprint density at radius 3 is 2.32 bits per heavy atom. The molecule has 0 radical (unpaired) electrons. The molecule has 0 spiro atoms. The van der Waals surface area contributed by atoms with Crippen LogP contribution in [0.2, 0.25) is 0 Å². The van der Waals surface area contributed by atoms with Crippen LogP contribution in [-0.4, -0.2) is 31.5 Å². The van der Waals surface area contributed by atoms with Crippen molar-refractivity contribution in [3.05, 3.63) is 48.0 Å². The molecule has 0 unspecified atom stereocenters. The predicted octanol–water partition coefficient (Wildman–Crippen LogP) is 3.37. The molecule has 1 aromatic heterocycles. The van der Waals surface area contributed by atoms with Crippen LogP contribution in [0.4, 0.5) is 6.01 Å². The predicted molar refractivity (Wildman–Crippen MR) is 93.2 cm³/mol. The lowest BCUT2D eigenvalue weighted by Gasteiger charge is -2.10. The smallest absolute Gasteiger partial charge is 0.322 e. The quantitative estimate of drug-likeness (QED) is 0.706. The van der Waals surface area contributed by atoms with Crippen LogP contribution in [0.1, 0.15) is 5.56 Å². The number of rotatable bonds is 7. The molecule has 7 nitrogen and oxygen atoms in total. The largest absolute Gasteiger partial charge is 0.497 e. The molecule has 7 heteroatoms. The number of hydrogen-bond acceptors (Lipinski definition) is 7. The topological polar surface area (TPSA) is 78.6 Å². The van der Waals surface area contributed by atoms with Crippen molar-refractivity contribution in [2.24, 2.45) is 0 Å². The normalized spacial score (nSPS) is 10.4. The molecule has 130 valence electrons. The van der Waals surface area contributed by atoms with Crippen LogP contribution in [0, 0.1) is 0 Å². The van der Waals surface area contributed by atoms with Gasteiger partial charge in [-0.2, -0.15) is 4.98 Å². The van der Waals surface area contributed by atoms with Gasteiger partial charge in [0, 0.05) is 23.7 Å². The van der Waals surface area contributed by atoms with Crippen molar-refractivity contribution in [1.82, 2.24) is 10.1 Å². The Hall–Kier alpha value is -3.22. The van der Waals surface area contributed by atoms with Gasteiger partial charge in [-0.1, -0.05) is 5.16 Å². The van der Waals surface area contributed by atoms with E-state index < -0.39 is 0 Å². The maximum absolute atomic E-state index is 5.37. The van der Waals surface area contributed by atoms with Gasteiger partial charge in [0.25, 0.3) is 0 Å². The lowest BCUT2D eigenvalue weighted by Crippen LogP contribution is -2.02. The van der Waals surface area contributed by atoms with Crippen molar-refractivity contribution >= 4 is 6.01 Å². The summed E-state index contributed by atoms with van der Waals surface area (Å²) < 4.78 is 21.0. The Kier molecular flexibility index (Phi) is 5.03. The highest BCUT2D eigenvalue weighted by atomic mass is 16.5. The highest BCUT2D eigenvalue weighted by Gasteiger charge is 2.10. The number of aromatic nitrogens is 2. The Balaban J connectivity index is 1.69. The van der Waals surface area contributed by atoms with E-state index in [-0.39, 0.29) is 0 Å². The lowest BCUT2D eigenvalue weighted by molar-refractivity contribution is 0.391. The average molecular weight is 341 g/mol. The van der Waals surface area contributed by atoms with Crippen LogP contribution < -0.4 is 19.5 Å². The summed E-state index contributed by atoms with van der Waals surface area (Å²) in [6, 6.07) is 13.4. The third-order valence-electron chi connectivity index (χ3n) is 3.70. The third kappa shape index (κ3) is 3.82. The molecule has 0 bridgehead atoms. The fraction of sp³-hybridized carbons (Fsp3) is 0.222. The van der Waals surface area contributed by atoms with E-state index >= 15 is 0 Å². The van der Waals surface area contributed by atoms with Crippen LogP contribution in [0.25, 0.3) is 11.4 Å². The zero-order chi connectivity index (χ0) is 17.6. The second-order valence-corrected chi connectivity index (χ2v) is 5.18. The standard InChI is InChI=1S/C18H19N3O4/c1-22-14-7-4-12(5-8-14)17-20-18(25-21-17)19-11-13-6-9-15(23-2)10-16(13)24-3/h4-10H,11H2,1-3H3,(H,19,20,21). The van der Waals surface area contributed by atoms with Gasteiger partial charge >= 0.3 is 6.01 Å². The van der Waals surface area contributed by atoms with E-state index in [9.17, 15) is 0 Å². The first-order valence-corrected chi connectivity index (χ1v) is 7.66. The second kappa shape index (κ2) is 7.57. The molecule has 3 rings (SSSR count). The zero-order valence-corrected chi connectivity index (χ0v) is 14.3. The van der Waals surface area contributed by atoms with E-state index in [1.165, 1.54) is 0 Å². The molecule has 0 saturated heterocycles. The van der Waals surface area contributed by atoms with Crippen molar-refractivity contribution in [3.8, 4) is 28.6 Å². The Morgan fingerprint density at radius 1 is 0.920 bits per heavy atom. The summed E-state index contributed by atoms with van der Waals surface area (Å²) in [5.41, 5.74) is 1.80. The highest BCUT2D eigenvalue weighted by Crippen LogP contribution is 2.26. The third-order valence-corrected chi connectivity index (χ3v) is 3.70. The minimum Gasteiger partial charge on any atom is -0.497 e. The molecular weight excluding hydrogens is 322 g/mol. The number of nitrogens with zero attached hydrogens (tertiary/aromatic N) is 2. The molecule has 1 N–H and O–H groups in total. The van der Waals surface area contributed by atoms with E-state index in [1.54, 1.807) is 21.3 Å². The van der Waals surface area contributed by atoms with E-state index in [1.807, 2.05) is 42.5 Å². The molecule has 0 fully saturated rings. The van der Waals surface area contributed by atoms with Gasteiger partial charge in [-0.05, 0) is 36.4 Å². The Labute approximate surface area is 145 Å². The molecule has 0 aliphatic carbocycles. The van der Waals surface area contributed by atoms with Gasteiger partial charge in [-0.15, -0.1) is 0 Å². The van der Waals surface area contributed by atoms with Crippen molar-refractivity contribution < 1.29 is 18.7 Å². The van der Waals surface area contributed by atoms with Gasteiger partial charge in [-0.25, -0.2) is 0 Å². The first-order chi connectivity index (χ1) is 12.2. The number of benzene rings is 2. The van der Waals surface area contributed by atoms with Crippen molar-refractivity contribution in [3.63, 3.8) is 0 Å². The number of nitrogens with one attached hydrogen (secondary N) is 1. The fourth-order valence-corrected chi connectivity index (χ4v) is 2.32. The second-order valence-electron chi connectivity index (χ2n) is 5.18. The first kappa shape index (κ1) is 16.6. The van der Waals surface area contributed by atoms with Crippen molar-refractivity contribution in [2.45, 2.75) is 6.54 Å². The number of ether oxygens (including phenoxy) is 3. The van der Waals surface area contributed by atoms with Gasteiger partial charge in [0.15, 0.2) is 0 Å². The van der Waals surface area contributed by atoms with Crippen LogP contribution in [-0.2, 0) is 6.54 Å². The maximum Gasteiger partial charge on any atom is 0.322 e. The molecule has 0 amide bonds. The van der Waals surface area contributed by atoms with E-state index in [0.717, 1.165) is 28.4 Å². The van der Waals surface area contributed by atoms with Gasteiger partial charge < -0.3 is 24.1 Å². The van der Waals surface area contributed by atoms with Crippen molar-refractivity contribution in [1.29, 1.82) is 0 Å². The Bertz CT molecular complexity index is 831. The maximum atomic E-state index is 5.37. The summed E-state index contributed by atoms with van der Waals surface area (Å²) in [7, 11) is 4.86. The Morgan fingerprint density at radius 2 is 1.64 bits per heavy atom. The van der Waals surface area contributed by atoms with E-state index in [0.29, 0.717) is 18.4 Å². The number of methoxy groups -OCH3 is 3. The van der Waals surface area contributed by atoms with Gasteiger partial charge in [0.1, 0.15) is 17.2 Å². The molecule has 1 heterocycles. The number of hydrogen-bond donors (Lipinski definition) is 1. The zero-order valence-electron chi connectivity index (χ0n) is 14.3. The summed E-state index contributed by atoms with van der Waals surface area (Å²) >= 11 is 0.